The summed E-state index contributed by atoms with van der Waals surface area (Å²) in [6.07, 6.45) is 1.08. The highest BCUT2D eigenvalue weighted by Crippen LogP contribution is 2.41. The fourth-order valence-electron chi connectivity index (χ4n) is 7.37. The normalized spacial score (nSPS) is 16.9. The van der Waals surface area contributed by atoms with Gasteiger partial charge in [0.25, 0.3) is 12.0 Å². The van der Waals surface area contributed by atoms with E-state index in [1.165, 1.54) is 19.7 Å². The lowest BCUT2D eigenvalue weighted by Crippen LogP contribution is -2.45. The lowest BCUT2D eigenvalue weighted by Gasteiger charge is -2.18. The van der Waals surface area contributed by atoms with E-state index in [1.807, 2.05) is 45.0 Å². The highest BCUT2D eigenvalue weighted by atomic mass is 35.5. The number of hydrogen-bond acceptors (Lipinski definition) is 8. The average Bonchev–Trinajstić information content (AvgIpc) is 3.96. The summed E-state index contributed by atoms with van der Waals surface area (Å²) >= 11 is 7.04. The Hall–Kier alpha value is -5.34. The highest BCUT2D eigenvalue weighted by Gasteiger charge is 2.39. The Morgan fingerprint density at radius 1 is 0.964 bits per heavy atom. The number of aromatic nitrogens is 4. The van der Waals surface area contributed by atoms with Gasteiger partial charge in [0.2, 0.25) is 5.88 Å². The molecule has 12 nitrogen and oxygen atoms in total. The Labute approximate surface area is 322 Å². The summed E-state index contributed by atoms with van der Waals surface area (Å²) in [7, 11) is 4.38. The van der Waals surface area contributed by atoms with Crippen molar-refractivity contribution in [2.75, 3.05) is 32.1 Å². The van der Waals surface area contributed by atoms with Crippen LogP contribution in [0, 0.1) is 6.92 Å². The molecule has 0 radical (unpaired) electrons. The van der Waals surface area contributed by atoms with Crippen LogP contribution in [0.25, 0.3) is 33.3 Å². The van der Waals surface area contributed by atoms with Crippen LogP contribution in [0.1, 0.15) is 55.5 Å². The van der Waals surface area contributed by atoms with E-state index in [1.54, 1.807) is 19.2 Å². The number of carbonyl (C=O) groups excluding carboxylic acids is 1. The zero-order valence-electron chi connectivity index (χ0n) is 31.7. The number of methoxy groups -OCH3 is 1. The van der Waals surface area contributed by atoms with E-state index in [2.05, 4.69) is 32.3 Å². The number of urea groups is 1. The van der Waals surface area contributed by atoms with E-state index in [9.17, 15) is 23.2 Å². The summed E-state index contributed by atoms with van der Waals surface area (Å²) < 4.78 is 35.4. The minimum Gasteiger partial charge on any atom is -0.481 e. The summed E-state index contributed by atoms with van der Waals surface area (Å²) in [5.41, 5.74) is 4.92. The third-order valence-corrected chi connectivity index (χ3v) is 10.7. The molecule has 2 aliphatic heterocycles. The number of pyridine rings is 2. The average molecular weight is 775 g/mol. The molecule has 2 fully saturated rings. The second-order valence-corrected chi connectivity index (χ2v) is 14.0. The van der Waals surface area contributed by atoms with Crippen molar-refractivity contribution in [3.63, 3.8) is 0 Å². The maximum atomic E-state index is 13.8. The van der Waals surface area contributed by atoms with Crippen LogP contribution in [0.4, 0.5) is 25.1 Å². The second kappa shape index (κ2) is 16.2. The summed E-state index contributed by atoms with van der Waals surface area (Å²) in [5.74, 6) is 0.543. The molecule has 15 heteroatoms. The van der Waals surface area contributed by atoms with Gasteiger partial charge in [-0.25, -0.2) is 28.3 Å². The van der Waals surface area contributed by atoms with Crippen molar-refractivity contribution in [3.8, 4) is 28.3 Å². The van der Waals surface area contributed by atoms with Crippen LogP contribution in [0.5, 0.6) is 5.88 Å². The number of ether oxygens (including phenoxy) is 1. The summed E-state index contributed by atoms with van der Waals surface area (Å²) in [4.78, 5) is 45.3. The Morgan fingerprint density at radius 2 is 1.69 bits per heavy atom. The topological polar surface area (TPSA) is 144 Å². The van der Waals surface area contributed by atoms with Crippen LogP contribution < -0.4 is 37.3 Å². The number of carbonyl (C=O) groups is 1. The molecule has 1 unspecified atom stereocenters. The zero-order chi connectivity index (χ0) is 39.6. The maximum Gasteiger partial charge on any atom is 0.330 e. The standard InChI is InChI=1S/C32H28ClF2N5O3.C6H11N3O.C2H6/c1-16-18(20-11-6-12-21(27(20)33)23-14-17-8-5-10-19(17)30(38-23)43-4)9-7-13-22(16)36-29-26-25(15-24(37-29)28(34)35)39(2)32(42)40(3)31(26)41;10-5-8-4-6(9-5)1-2-7-3-6;1-2/h6-7,9,11-15,28H,5,8,10H2,1-4H3,(H,36,37);7H,1-4H2,(H2,8,9,10);1-2H3. The number of anilines is 2. The minimum atomic E-state index is -2.91. The second-order valence-electron chi connectivity index (χ2n) is 13.6. The first-order chi connectivity index (χ1) is 26.4. The minimum absolute atomic E-state index is 0.0236. The zero-order valence-corrected chi connectivity index (χ0v) is 32.5. The van der Waals surface area contributed by atoms with E-state index in [4.69, 9.17) is 21.3 Å². The summed E-state index contributed by atoms with van der Waals surface area (Å²) in [6, 6.07) is 14.3. The largest absolute Gasteiger partial charge is 0.481 e. The Bertz CT molecular complexity index is 2390. The van der Waals surface area contributed by atoms with Gasteiger partial charge < -0.3 is 26.0 Å². The maximum absolute atomic E-state index is 13.8. The van der Waals surface area contributed by atoms with Crippen molar-refractivity contribution in [2.24, 2.45) is 14.1 Å². The Kier molecular flexibility index (Phi) is 11.6. The number of halogens is 3. The van der Waals surface area contributed by atoms with E-state index in [-0.39, 0.29) is 28.3 Å². The van der Waals surface area contributed by atoms with Gasteiger partial charge in [-0.1, -0.05) is 55.8 Å². The van der Waals surface area contributed by atoms with Crippen molar-refractivity contribution in [2.45, 2.75) is 58.4 Å². The van der Waals surface area contributed by atoms with Crippen LogP contribution in [0.15, 0.2) is 58.1 Å². The molecule has 3 aromatic heterocycles. The van der Waals surface area contributed by atoms with Crippen molar-refractivity contribution in [1.82, 2.24) is 35.1 Å². The van der Waals surface area contributed by atoms with E-state index in [0.29, 0.717) is 16.6 Å². The third kappa shape index (κ3) is 7.52. The van der Waals surface area contributed by atoms with E-state index >= 15 is 0 Å². The van der Waals surface area contributed by atoms with Gasteiger partial charge in [-0.2, -0.15) is 0 Å². The molecule has 2 saturated heterocycles. The number of amides is 2. The predicted molar refractivity (Wildman–Crippen MR) is 212 cm³/mol. The molecule has 0 saturated carbocycles. The van der Waals surface area contributed by atoms with Crippen LogP contribution in [-0.4, -0.2) is 57.4 Å². The van der Waals surface area contributed by atoms with Gasteiger partial charge in [0.15, 0.2) is 0 Å². The molecule has 2 aromatic carbocycles. The first-order valence-corrected chi connectivity index (χ1v) is 18.7. The van der Waals surface area contributed by atoms with Crippen molar-refractivity contribution < 1.29 is 18.3 Å². The van der Waals surface area contributed by atoms with Crippen LogP contribution in [-0.2, 0) is 26.9 Å². The van der Waals surface area contributed by atoms with Crippen molar-refractivity contribution in [3.05, 3.63) is 96.8 Å². The van der Waals surface area contributed by atoms with Gasteiger partial charge in [0.1, 0.15) is 16.9 Å². The quantitative estimate of drug-likeness (QED) is 0.152. The number of hydrogen-bond donors (Lipinski definition) is 4. The SMILES string of the molecule is CC.COc1nc(-c2cccc(-c3cccc(Nc4nc(C(F)F)cc5c4c(=O)n(C)c(=O)n5C)c3C)c2Cl)cc2c1CCC2.O=C1NCC2(CCNC2)N1. The van der Waals surface area contributed by atoms with E-state index < -0.39 is 23.4 Å². The molecule has 4 N–H and O–H groups in total. The number of alkyl halides is 2. The molecule has 55 heavy (non-hydrogen) atoms. The van der Waals surface area contributed by atoms with Crippen LogP contribution in [0.3, 0.4) is 0 Å². The van der Waals surface area contributed by atoms with Crippen molar-refractivity contribution >= 4 is 40.0 Å². The molecule has 1 spiro atoms. The molecule has 2 amide bonds. The first kappa shape index (κ1) is 39.4. The molecule has 5 aromatic rings. The number of rotatable bonds is 6. The molecule has 8 rings (SSSR count). The Balaban J connectivity index is 0.000000365. The number of nitrogens with zero attached hydrogens (tertiary/aromatic N) is 4. The molecule has 5 heterocycles. The fourth-order valence-corrected chi connectivity index (χ4v) is 7.70. The van der Waals surface area contributed by atoms with Gasteiger partial charge >= 0.3 is 11.7 Å². The number of aryl methyl sites for hydroxylation is 2. The monoisotopic (exact) mass is 774 g/mol. The fraction of sp³-hybridized carbons (Fsp3) is 0.375. The number of fused-ring (bicyclic) bond motifs is 2. The van der Waals surface area contributed by atoms with Gasteiger partial charge in [-0.05, 0) is 74.0 Å². The number of nitrogens with one attached hydrogen (secondary N) is 4. The van der Waals surface area contributed by atoms with Crippen molar-refractivity contribution in [1.29, 1.82) is 0 Å². The lowest BCUT2D eigenvalue weighted by molar-refractivity contribution is 0.146. The molecule has 3 aliphatic rings. The molecular formula is C40H45ClF2N8O4. The highest BCUT2D eigenvalue weighted by molar-refractivity contribution is 6.36. The Morgan fingerprint density at radius 3 is 2.36 bits per heavy atom. The van der Waals surface area contributed by atoms with Gasteiger partial charge in [-0.15, -0.1) is 0 Å². The molecule has 1 atom stereocenters. The van der Waals surface area contributed by atoms with Crippen LogP contribution >= 0.6 is 11.6 Å². The molecular weight excluding hydrogens is 730 g/mol. The van der Waals surface area contributed by atoms with Gasteiger partial charge in [-0.3, -0.25) is 13.9 Å². The predicted octanol–water partition coefficient (Wildman–Crippen LogP) is 6.56. The lowest BCUT2D eigenvalue weighted by atomic mass is 9.96. The number of benzene rings is 2. The smallest absolute Gasteiger partial charge is 0.330 e. The summed E-state index contributed by atoms with van der Waals surface area (Å²) in [5, 5.41) is 12.5. The van der Waals surface area contributed by atoms with E-state index in [0.717, 1.165) is 94.0 Å². The van der Waals surface area contributed by atoms with Gasteiger partial charge in [0.05, 0.1) is 28.9 Å². The van der Waals surface area contributed by atoms with Crippen LogP contribution in [0.2, 0.25) is 5.02 Å². The summed E-state index contributed by atoms with van der Waals surface area (Å²) in [6.45, 7) is 8.57. The molecule has 290 valence electrons. The third-order valence-electron chi connectivity index (χ3n) is 10.3. The molecule has 0 bridgehead atoms. The first-order valence-electron chi connectivity index (χ1n) is 18.3. The van der Waals surface area contributed by atoms with Gasteiger partial charge in [0, 0.05) is 49.6 Å². The molecule has 1 aliphatic carbocycles.